The van der Waals surface area contributed by atoms with E-state index in [2.05, 4.69) is 34.4 Å². The van der Waals surface area contributed by atoms with E-state index in [1.54, 1.807) is 6.92 Å². The molecule has 15 heavy (non-hydrogen) atoms. The lowest BCUT2D eigenvalue weighted by molar-refractivity contribution is -0.928. The van der Waals surface area contributed by atoms with Crippen molar-refractivity contribution >= 4 is 5.97 Å². The molecule has 0 fully saturated rings. The number of esters is 1. The highest BCUT2D eigenvalue weighted by Gasteiger charge is 2.26. The molecule has 0 radical (unpaired) electrons. The van der Waals surface area contributed by atoms with Gasteiger partial charge in [-0.05, 0) is 27.7 Å². The lowest BCUT2D eigenvalue weighted by Crippen LogP contribution is -2.52. The molecule has 3 heteroatoms. The van der Waals surface area contributed by atoms with Gasteiger partial charge in [0.2, 0.25) is 0 Å². The van der Waals surface area contributed by atoms with Gasteiger partial charge in [-0.15, -0.1) is 0 Å². The molecule has 0 amide bonds. The molecule has 1 atom stereocenters. The predicted octanol–water partition coefficient (Wildman–Crippen LogP) is 1.98. The van der Waals surface area contributed by atoms with Crippen LogP contribution in [0.2, 0.25) is 0 Å². The molecule has 0 aromatic carbocycles. The molecule has 0 rings (SSSR count). The van der Waals surface area contributed by atoms with Gasteiger partial charge in [0, 0.05) is 5.57 Å². The highest BCUT2D eigenvalue weighted by atomic mass is 16.5. The SMILES string of the molecule is C=C(C)C(=O)OCC(C)[N+](C)(CC)CC. The Kier molecular flexibility index (Phi) is 5.58. The number of nitrogens with zero attached hydrogens (tertiary/aromatic N) is 1. The second-order valence-electron chi connectivity index (χ2n) is 4.34. The molecule has 0 heterocycles. The van der Waals surface area contributed by atoms with Gasteiger partial charge in [-0.3, -0.25) is 0 Å². The van der Waals surface area contributed by atoms with Crippen LogP contribution in [0, 0.1) is 0 Å². The number of hydrogen-bond acceptors (Lipinski definition) is 2. The van der Waals surface area contributed by atoms with Crippen molar-refractivity contribution in [2.24, 2.45) is 0 Å². The van der Waals surface area contributed by atoms with Crippen molar-refractivity contribution in [2.75, 3.05) is 26.7 Å². The van der Waals surface area contributed by atoms with Crippen molar-refractivity contribution in [3.8, 4) is 0 Å². The Bertz CT molecular complexity index is 232. The summed E-state index contributed by atoms with van der Waals surface area (Å²) < 4.78 is 6.08. The number of likely N-dealkylation sites (N-methyl/N-ethyl adjacent to an activating group) is 1. The van der Waals surface area contributed by atoms with Crippen LogP contribution in [-0.4, -0.2) is 43.2 Å². The first-order chi connectivity index (χ1) is 6.87. The second kappa shape index (κ2) is 5.91. The number of ether oxygens (including phenoxy) is 1. The van der Waals surface area contributed by atoms with Gasteiger partial charge < -0.3 is 9.22 Å². The molecule has 0 aliphatic heterocycles. The van der Waals surface area contributed by atoms with Crippen LogP contribution < -0.4 is 0 Å². The summed E-state index contributed by atoms with van der Waals surface area (Å²) in [4.78, 5) is 11.2. The van der Waals surface area contributed by atoms with E-state index in [4.69, 9.17) is 4.74 Å². The third kappa shape index (κ3) is 4.04. The molecular weight excluding hydrogens is 190 g/mol. The Hall–Kier alpha value is -0.830. The first kappa shape index (κ1) is 14.2. The van der Waals surface area contributed by atoms with E-state index < -0.39 is 0 Å². The molecule has 0 spiro atoms. The number of hydrogen-bond donors (Lipinski definition) is 0. The van der Waals surface area contributed by atoms with Crippen molar-refractivity contribution in [3.05, 3.63) is 12.2 Å². The lowest BCUT2D eigenvalue weighted by atomic mass is 10.2. The summed E-state index contributed by atoms with van der Waals surface area (Å²) in [5, 5.41) is 0. The second-order valence-corrected chi connectivity index (χ2v) is 4.34. The monoisotopic (exact) mass is 214 g/mol. The maximum atomic E-state index is 11.2. The number of quaternary nitrogens is 1. The Labute approximate surface area is 93.3 Å². The van der Waals surface area contributed by atoms with Crippen LogP contribution in [0.1, 0.15) is 27.7 Å². The summed E-state index contributed by atoms with van der Waals surface area (Å²) in [5.41, 5.74) is 0.462. The van der Waals surface area contributed by atoms with Gasteiger partial charge in [0.15, 0.2) is 0 Å². The number of rotatable bonds is 6. The van der Waals surface area contributed by atoms with Crippen LogP contribution >= 0.6 is 0 Å². The van der Waals surface area contributed by atoms with Gasteiger partial charge in [0.25, 0.3) is 0 Å². The fraction of sp³-hybridized carbons (Fsp3) is 0.750. The third-order valence-corrected chi connectivity index (χ3v) is 3.31. The van der Waals surface area contributed by atoms with Crippen LogP contribution in [0.25, 0.3) is 0 Å². The minimum atomic E-state index is -0.291. The summed E-state index contributed by atoms with van der Waals surface area (Å²) in [6, 6.07) is 0.322. The van der Waals surface area contributed by atoms with Crippen LogP contribution in [0.5, 0.6) is 0 Å². The van der Waals surface area contributed by atoms with E-state index in [9.17, 15) is 4.79 Å². The molecule has 0 N–H and O–H groups in total. The number of carbonyl (C=O) groups is 1. The molecule has 0 aliphatic carbocycles. The Morgan fingerprint density at radius 2 is 1.87 bits per heavy atom. The predicted molar refractivity (Wildman–Crippen MR) is 62.5 cm³/mol. The average molecular weight is 214 g/mol. The first-order valence-electron chi connectivity index (χ1n) is 5.54. The largest absolute Gasteiger partial charge is 0.456 e. The van der Waals surface area contributed by atoms with E-state index in [0.29, 0.717) is 18.2 Å². The Balaban J connectivity index is 4.19. The molecule has 0 saturated heterocycles. The van der Waals surface area contributed by atoms with Gasteiger partial charge in [-0.25, -0.2) is 4.79 Å². The third-order valence-electron chi connectivity index (χ3n) is 3.31. The van der Waals surface area contributed by atoms with E-state index in [-0.39, 0.29) is 5.97 Å². The molecule has 0 aromatic rings. The summed E-state index contributed by atoms with van der Waals surface area (Å²) in [5.74, 6) is -0.291. The summed E-state index contributed by atoms with van der Waals surface area (Å²) in [6.45, 7) is 14.2. The summed E-state index contributed by atoms with van der Waals surface area (Å²) >= 11 is 0. The zero-order valence-electron chi connectivity index (χ0n) is 10.7. The highest BCUT2D eigenvalue weighted by Crippen LogP contribution is 2.10. The summed E-state index contributed by atoms with van der Waals surface area (Å²) in [7, 11) is 2.18. The highest BCUT2D eigenvalue weighted by molar-refractivity contribution is 5.86. The zero-order chi connectivity index (χ0) is 12.1. The minimum Gasteiger partial charge on any atom is -0.456 e. The molecule has 0 aromatic heterocycles. The van der Waals surface area contributed by atoms with Gasteiger partial charge in [0.05, 0.1) is 20.1 Å². The first-order valence-corrected chi connectivity index (χ1v) is 5.54. The van der Waals surface area contributed by atoms with Gasteiger partial charge in [0.1, 0.15) is 12.6 Å². The van der Waals surface area contributed by atoms with Gasteiger partial charge in [-0.2, -0.15) is 0 Å². The molecule has 0 saturated carbocycles. The van der Waals surface area contributed by atoms with Gasteiger partial charge in [-0.1, -0.05) is 6.58 Å². The summed E-state index contributed by atoms with van der Waals surface area (Å²) in [6.07, 6.45) is 0. The Morgan fingerprint density at radius 3 is 2.20 bits per heavy atom. The lowest BCUT2D eigenvalue weighted by Gasteiger charge is -2.37. The fourth-order valence-corrected chi connectivity index (χ4v) is 1.35. The quantitative estimate of drug-likeness (QED) is 0.384. The van der Waals surface area contributed by atoms with Crippen molar-refractivity contribution in [1.29, 1.82) is 0 Å². The average Bonchev–Trinajstić information content (AvgIpc) is 2.23. The fourth-order valence-electron chi connectivity index (χ4n) is 1.35. The molecule has 1 unspecified atom stereocenters. The maximum absolute atomic E-state index is 11.2. The Morgan fingerprint density at radius 1 is 1.40 bits per heavy atom. The van der Waals surface area contributed by atoms with Crippen molar-refractivity contribution < 1.29 is 14.0 Å². The molecule has 88 valence electrons. The van der Waals surface area contributed by atoms with Crippen molar-refractivity contribution in [3.63, 3.8) is 0 Å². The van der Waals surface area contributed by atoms with Crippen LogP contribution in [0.3, 0.4) is 0 Å². The van der Waals surface area contributed by atoms with Crippen molar-refractivity contribution in [1.82, 2.24) is 0 Å². The van der Waals surface area contributed by atoms with E-state index in [0.717, 1.165) is 17.6 Å². The molecule has 0 bridgehead atoms. The molecule has 3 nitrogen and oxygen atoms in total. The standard InChI is InChI=1S/C12H24NO2/c1-7-13(6,8-2)11(5)9-15-12(14)10(3)4/h11H,3,7-9H2,1-2,4-6H3/q+1. The minimum absolute atomic E-state index is 0.291. The number of carbonyl (C=O) groups excluding carboxylic acids is 1. The van der Waals surface area contributed by atoms with Crippen LogP contribution in [0.4, 0.5) is 0 Å². The topological polar surface area (TPSA) is 26.3 Å². The zero-order valence-corrected chi connectivity index (χ0v) is 10.7. The smallest absolute Gasteiger partial charge is 0.333 e. The van der Waals surface area contributed by atoms with Gasteiger partial charge >= 0.3 is 5.97 Å². The van der Waals surface area contributed by atoms with Crippen molar-refractivity contribution in [2.45, 2.75) is 33.7 Å². The molecule has 0 aliphatic rings. The van der Waals surface area contributed by atoms with E-state index in [1.165, 1.54) is 0 Å². The normalized spacial score (nSPS) is 13.4. The van der Waals surface area contributed by atoms with E-state index in [1.807, 2.05) is 0 Å². The van der Waals surface area contributed by atoms with Crippen LogP contribution in [-0.2, 0) is 9.53 Å². The van der Waals surface area contributed by atoms with Crippen LogP contribution in [0.15, 0.2) is 12.2 Å². The molecular formula is C12H24NO2+. The maximum Gasteiger partial charge on any atom is 0.333 e. The van der Waals surface area contributed by atoms with E-state index >= 15 is 0 Å².